The highest BCUT2D eigenvalue weighted by atomic mass is 35.5. The van der Waals surface area contributed by atoms with Crippen LogP contribution in [-0.4, -0.2) is 24.4 Å². The zero-order chi connectivity index (χ0) is 19.4. The van der Waals surface area contributed by atoms with Crippen LogP contribution in [0.15, 0.2) is 36.4 Å². The van der Waals surface area contributed by atoms with Gasteiger partial charge in [0.15, 0.2) is 16.9 Å². The van der Waals surface area contributed by atoms with Crippen LogP contribution in [0.25, 0.3) is 0 Å². The fraction of sp³-hybridized carbons (Fsp3) is 0.316. The second kappa shape index (κ2) is 8.82. The van der Waals surface area contributed by atoms with E-state index in [9.17, 15) is 14.3 Å². The van der Waals surface area contributed by atoms with E-state index in [0.29, 0.717) is 28.9 Å². The number of nitrogens with two attached hydrogens (primary N) is 1. The number of ether oxygens (including phenoxy) is 2. The number of benzene rings is 2. The Balaban J connectivity index is 1.77. The van der Waals surface area contributed by atoms with Crippen molar-refractivity contribution in [2.75, 3.05) is 12.4 Å². The van der Waals surface area contributed by atoms with Crippen molar-refractivity contribution in [3.05, 3.63) is 58.4 Å². The van der Waals surface area contributed by atoms with Gasteiger partial charge in [0, 0.05) is 11.1 Å². The lowest BCUT2D eigenvalue weighted by atomic mass is 10.1. The van der Waals surface area contributed by atoms with E-state index >= 15 is 0 Å². The summed E-state index contributed by atoms with van der Waals surface area (Å²) in [5, 5.41) is 13.1. The Hall–Kier alpha value is -1.96. The van der Waals surface area contributed by atoms with Crippen molar-refractivity contribution in [1.82, 2.24) is 0 Å². The van der Waals surface area contributed by atoms with Gasteiger partial charge in [-0.2, -0.15) is 0 Å². The third kappa shape index (κ3) is 4.66. The number of quaternary nitrogens is 1. The number of carbonyl (C=O) groups is 1. The molecular weight excluding hydrogens is 393 g/mol. The van der Waals surface area contributed by atoms with Gasteiger partial charge < -0.3 is 24.7 Å². The second-order valence-corrected chi connectivity index (χ2v) is 7.58. The molecule has 144 valence electrons. The van der Waals surface area contributed by atoms with Crippen molar-refractivity contribution >= 4 is 29.3 Å². The number of carboxylic acids is 1. The minimum absolute atomic E-state index is 0.0258. The molecular formula is C19H19ClFNO4S. The Morgan fingerprint density at radius 2 is 2.15 bits per heavy atom. The van der Waals surface area contributed by atoms with Crippen LogP contribution in [0.1, 0.15) is 23.4 Å². The van der Waals surface area contributed by atoms with E-state index in [0.717, 1.165) is 5.56 Å². The summed E-state index contributed by atoms with van der Waals surface area (Å²) in [5.41, 5.74) is 1.20. The first-order valence-electron chi connectivity index (χ1n) is 8.49. The van der Waals surface area contributed by atoms with Gasteiger partial charge in [-0.15, -0.1) is 0 Å². The van der Waals surface area contributed by atoms with Crippen molar-refractivity contribution in [2.24, 2.45) is 0 Å². The number of hydrogen-bond acceptors (Lipinski definition) is 5. The molecule has 2 atom stereocenters. The molecule has 0 unspecified atom stereocenters. The van der Waals surface area contributed by atoms with E-state index in [1.165, 1.54) is 23.9 Å². The van der Waals surface area contributed by atoms with Crippen molar-refractivity contribution in [3.8, 4) is 11.5 Å². The Kier molecular flexibility index (Phi) is 6.46. The van der Waals surface area contributed by atoms with Gasteiger partial charge >= 0.3 is 0 Å². The molecule has 0 spiro atoms. The van der Waals surface area contributed by atoms with Crippen LogP contribution in [-0.2, 0) is 11.4 Å². The summed E-state index contributed by atoms with van der Waals surface area (Å²) in [6.45, 7) is 2.26. The molecule has 0 amide bonds. The van der Waals surface area contributed by atoms with Crippen molar-refractivity contribution in [2.45, 2.75) is 24.9 Å². The number of carbonyl (C=O) groups excluding carboxylic acids is 1. The van der Waals surface area contributed by atoms with Gasteiger partial charge in [-0.1, -0.05) is 29.4 Å². The standard InChI is InChI=1S/C19H19ClFNO4S/c1-2-25-17-8-11(18-22-15(10-27-18)19(23)24)6-7-16(17)26-9-12-13(20)4-3-5-14(12)21/h3-8,15,18,22H,2,9-10H2,1H3,(H,23,24)/t15-,18+/m0/s1. The highest BCUT2D eigenvalue weighted by molar-refractivity contribution is 7.99. The highest BCUT2D eigenvalue weighted by Gasteiger charge is 2.31. The molecule has 1 heterocycles. The van der Waals surface area contributed by atoms with E-state index in [4.69, 9.17) is 21.1 Å². The van der Waals surface area contributed by atoms with Crippen LogP contribution in [0.2, 0.25) is 5.02 Å². The summed E-state index contributed by atoms with van der Waals surface area (Å²) in [4.78, 5) is 11.0. The smallest absolute Gasteiger partial charge is 0.161 e. The fourth-order valence-electron chi connectivity index (χ4n) is 2.79. The number of thioether (sulfide) groups is 1. The molecule has 1 fully saturated rings. The van der Waals surface area contributed by atoms with Gasteiger partial charge in [-0.25, -0.2) is 4.39 Å². The van der Waals surface area contributed by atoms with Gasteiger partial charge in [-0.05, 0) is 37.3 Å². The molecule has 2 aromatic rings. The quantitative estimate of drug-likeness (QED) is 0.753. The minimum atomic E-state index is -1.06. The summed E-state index contributed by atoms with van der Waals surface area (Å²) in [6.07, 6.45) is 0. The number of halogens is 2. The zero-order valence-corrected chi connectivity index (χ0v) is 16.2. The molecule has 0 radical (unpaired) electrons. The second-order valence-electron chi connectivity index (χ2n) is 6.00. The Morgan fingerprint density at radius 3 is 2.81 bits per heavy atom. The van der Waals surface area contributed by atoms with Gasteiger partial charge in [-0.3, -0.25) is 0 Å². The molecule has 8 heteroatoms. The summed E-state index contributed by atoms with van der Waals surface area (Å²) < 4.78 is 25.3. The predicted molar refractivity (Wildman–Crippen MR) is 99.3 cm³/mol. The third-order valence-electron chi connectivity index (χ3n) is 4.20. The van der Waals surface area contributed by atoms with E-state index < -0.39 is 17.8 Å². The van der Waals surface area contributed by atoms with Crippen LogP contribution >= 0.6 is 23.4 Å². The van der Waals surface area contributed by atoms with Crippen LogP contribution < -0.4 is 19.9 Å². The number of carboxylic acid groups (broad SMARTS) is 1. The van der Waals surface area contributed by atoms with Crippen molar-refractivity contribution in [1.29, 1.82) is 0 Å². The molecule has 0 aromatic heterocycles. The summed E-state index contributed by atoms with van der Waals surface area (Å²) in [6, 6.07) is 9.34. The zero-order valence-electron chi connectivity index (χ0n) is 14.6. The van der Waals surface area contributed by atoms with Crippen LogP contribution in [0.4, 0.5) is 4.39 Å². The molecule has 1 saturated heterocycles. The monoisotopic (exact) mass is 411 g/mol. The maximum absolute atomic E-state index is 13.9. The van der Waals surface area contributed by atoms with Gasteiger partial charge in [0.1, 0.15) is 24.4 Å². The first-order valence-corrected chi connectivity index (χ1v) is 9.92. The summed E-state index contributed by atoms with van der Waals surface area (Å²) >= 11 is 7.57. The largest absolute Gasteiger partial charge is 0.544 e. The molecule has 0 saturated carbocycles. The van der Waals surface area contributed by atoms with Crippen molar-refractivity contribution in [3.63, 3.8) is 0 Å². The first-order chi connectivity index (χ1) is 13.0. The van der Waals surface area contributed by atoms with E-state index in [-0.39, 0.29) is 17.5 Å². The minimum Gasteiger partial charge on any atom is -0.544 e. The Morgan fingerprint density at radius 1 is 1.33 bits per heavy atom. The summed E-state index contributed by atoms with van der Waals surface area (Å²) in [5.74, 6) is -0.00656. The van der Waals surface area contributed by atoms with Crippen molar-refractivity contribution < 1.29 is 29.1 Å². The molecule has 1 aliphatic heterocycles. The number of rotatable bonds is 7. The summed E-state index contributed by atoms with van der Waals surface area (Å²) in [7, 11) is 0. The lowest BCUT2D eigenvalue weighted by Crippen LogP contribution is -2.90. The number of aliphatic carboxylic acids is 1. The highest BCUT2D eigenvalue weighted by Crippen LogP contribution is 2.35. The molecule has 3 rings (SSSR count). The Bertz CT molecular complexity index is 815. The molecule has 1 aliphatic rings. The lowest BCUT2D eigenvalue weighted by Gasteiger charge is -2.16. The SMILES string of the molecule is CCOc1cc([C@@H]2[NH2+][C@H](C(=O)[O-])CS2)ccc1OCc1c(F)cccc1Cl. The topological polar surface area (TPSA) is 75.2 Å². The van der Waals surface area contributed by atoms with Crippen LogP contribution in [0.3, 0.4) is 0 Å². The molecule has 2 aromatic carbocycles. The average Bonchev–Trinajstić information content (AvgIpc) is 3.13. The molecule has 2 N–H and O–H groups in total. The van der Waals surface area contributed by atoms with Crippen LogP contribution in [0.5, 0.6) is 11.5 Å². The van der Waals surface area contributed by atoms with E-state index in [2.05, 4.69) is 0 Å². The number of hydrogen-bond donors (Lipinski definition) is 1. The predicted octanol–water partition coefficient (Wildman–Crippen LogP) is 1.88. The van der Waals surface area contributed by atoms with Gasteiger partial charge in [0.25, 0.3) is 0 Å². The normalized spacial score (nSPS) is 19.1. The Labute approximate surface area is 165 Å². The van der Waals surface area contributed by atoms with Gasteiger partial charge in [0.2, 0.25) is 0 Å². The average molecular weight is 412 g/mol. The molecule has 0 bridgehead atoms. The third-order valence-corrected chi connectivity index (χ3v) is 5.89. The van der Waals surface area contributed by atoms with E-state index in [1.807, 2.05) is 19.1 Å². The van der Waals surface area contributed by atoms with Gasteiger partial charge in [0.05, 0.1) is 17.4 Å². The lowest BCUT2D eigenvalue weighted by molar-refractivity contribution is -0.690. The van der Waals surface area contributed by atoms with Crippen LogP contribution in [0, 0.1) is 5.82 Å². The fourth-order valence-corrected chi connectivity index (χ4v) is 4.31. The van der Waals surface area contributed by atoms with E-state index in [1.54, 1.807) is 17.4 Å². The molecule has 5 nitrogen and oxygen atoms in total. The maximum Gasteiger partial charge on any atom is 0.161 e. The molecule has 0 aliphatic carbocycles. The molecule has 27 heavy (non-hydrogen) atoms. The first kappa shape index (κ1) is 19.8. The maximum atomic E-state index is 13.9.